The molecule has 6 nitrogen and oxygen atoms in total. The number of alkyl halides is 3. The highest BCUT2D eigenvalue weighted by molar-refractivity contribution is 5.97. The number of halogens is 3. The van der Waals surface area contributed by atoms with Crippen LogP contribution in [0.2, 0.25) is 0 Å². The Kier molecular flexibility index (Phi) is 7.65. The molecule has 0 fully saturated rings. The monoisotopic (exact) mass is 437 g/mol. The van der Waals surface area contributed by atoms with Crippen LogP contribution in [0.4, 0.5) is 13.2 Å². The van der Waals surface area contributed by atoms with Crippen LogP contribution in [0.5, 0.6) is 5.88 Å². The van der Waals surface area contributed by atoms with Crippen molar-refractivity contribution in [3.8, 4) is 5.88 Å². The molecule has 1 heterocycles. The molecule has 0 aliphatic heterocycles. The summed E-state index contributed by atoms with van der Waals surface area (Å²) < 4.78 is 41.8. The average molecular weight is 437 g/mol. The molecule has 1 unspecified atom stereocenters. The zero-order valence-electron chi connectivity index (χ0n) is 17.8. The molecule has 2 rings (SSSR count). The molecule has 2 N–H and O–H groups in total. The van der Waals surface area contributed by atoms with Crippen LogP contribution in [0.15, 0.2) is 42.6 Å². The number of pyridine rings is 1. The number of benzene rings is 1. The number of hydrogen-bond acceptors (Lipinski definition) is 4. The van der Waals surface area contributed by atoms with Crippen LogP contribution in [0.1, 0.15) is 49.2 Å². The molecule has 0 aliphatic carbocycles. The summed E-state index contributed by atoms with van der Waals surface area (Å²) in [6.07, 6.45) is -3.20. The second kappa shape index (κ2) is 9.80. The smallest absolute Gasteiger partial charge is 0.422 e. The van der Waals surface area contributed by atoms with E-state index in [1.165, 1.54) is 25.3 Å². The van der Waals surface area contributed by atoms with E-state index in [-0.39, 0.29) is 23.4 Å². The minimum atomic E-state index is -4.50. The lowest BCUT2D eigenvalue weighted by atomic mass is 9.86. The van der Waals surface area contributed by atoms with Gasteiger partial charge in [0.1, 0.15) is 6.04 Å². The Labute approximate surface area is 179 Å². The first kappa shape index (κ1) is 24.2. The second-order valence-electron chi connectivity index (χ2n) is 8.11. The van der Waals surface area contributed by atoms with Crippen LogP contribution in [0.25, 0.3) is 0 Å². The Morgan fingerprint density at radius 2 is 1.74 bits per heavy atom. The zero-order valence-corrected chi connectivity index (χ0v) is 17.8. The van der Waals surface area contributed by atoms with E-state index in [9.17, 15) is 22.8 Å². The van der Waals surface area contributed by atoms with Crippen molar-refractivity contribution in [3.05, 3.63) is 59.3 Å². The lowest BCUT2D eigenvalue weighted by Crippen LogP contribution is -2.44. The van der Waals surface area contributed by atoms with Crippen LogP contribution in [-0.2, 0) is 16.8 Å². The van der Waals surface area contributed by atoms with Gasteiger partial charge in [-0.05, 0) is 36.1 Å². The molecule has 2 amide bonds. The van der Waals surface area contributed by atoms with Crippen LogP contribution in [0, 0.1) is 0 Å². The number of nitrogens with zero attached hydrogens (tertiary/aromatic N) is 1. The molecule has 0 saturated heterocycles. The fourth-order valence-corrected chi connectivity index (χ4v) is 2.64. The maximum atomic E-state index is 12.4. The molecule has 9 heteroatoms. The zero-order chi connectivity index (χ0) is 23.2. The van der Waals surface area contributed by atoms with E-state index in [4.69, 9.17) is 4.74 Å². The van der Waals surface area contributed by atoms with E-state index < -0.39 is 30.6 Å². The fraction of sp³-hybridized carbons (Fsp3) is 0.409. The largest absolute Gasteiger partial charge is 0.468 e. The van der Waals surface area contributed by atoms with E-state index in [1.807, 2.05) is 12.1 Å². The molecule has 1 aromatic heterocycles. The van der Waals surface area contributed by atoms with Crippen LogP contribution >= 0.6 is 0 Å². The van der Waals surface area contributed by atoms with E-state index in [2.05, 4.69) is 36.4 Å². The predicted octanol–water partition coefficient (Wildman–Crippen LogP) is 3.75. The highest BCUT2D eigenvalue weighted by Crippen LogP contribution is 2.22. The van der Waals surface area contributed by atoms with Gasteiger partial charge in [-0.1, -0.05) is 39.0 Å². The van der Waals surface area contributed by atoms with E-state index >= 15 is 0 Å². The van der Waals surface area contributed by atoms with Gasteiger partial charge in [0.2, 0.25) is 11.8 Å². The third-order valence-electron chi connectivity index (χ3n) is 4.43. The van der Waals surface area contributed by atoms with Gasteiger partial charge >= 0.3 is 6.18 Å². The summed E-state index contributed by atoms with van der Waals surface area (Å²) in [5, 5.41) is 5.17. The average Bonchev–Trinajstić information content (AvgIpc) is 2.69. The van der Waals surface area contributed by atoms with Crippen molar-refractivity contribution in [1.29, 1.82) is 0 Å². The quantitative estimate of drug-likeness (QED) is 0.691. The summed E-state index contributed by atoms with van der Waals surface area (Å²) in [6, 6.07) is 9.29. The molecule has 0 aliphatic rings. The molecule has 0 spiro atoms. The van der Waals surface area contributed by atoms with Crippen LogP contribution in [-0.4, -0.2) is 35.6 Å². The van der Waals surface area contributed by atoms with Gasteiger partial charge in [-0.15, -0.1) is 0 Å². The van der Waals surface area contributed by atoms with E-state index in [0.717, 1.165) is 5.56 Å². The van der Waals surface area contributed by atoms with Crippen molar-refractivity contribution in [2.24, 2.45) is 0 Å². The Bertz CT molecular complexity index is 907. The minimum absolute atomic E-state index is 0.0445. The van der Waals surface area contributed by atoms with Gasteiger partial charge in [0.25, 0.3) is 5.91 Å². The molecule has 31 heavy (non-hydrogen) atoms. The molecule has 168 valence electrons. The Morgan fingerprint density at radius 3 is 2.32 bits per heavy atom. The standard InChI is InChI=1S/C22H26F3N3O3/c1-14(28-19(30)15-7-9-17(10-8-15)21(2,3)4)18(29)27-12-16-6-5-11-26-20(16)31-13-22(23,24)25/h5-11,14H,12-13H2,1-4H3,(H,27,29)(H,28,30). The van der Waals surface area contributed by atoms with Gasteiger partial charge in [-0.2, -0.15) is 13.2 Å². The van der Waals surface area contributed by atoms with Gasteiger partial charge in [-0.25, -0.2) is 4.98 Å². The van der Waals surface area contributed by atoms with Gasteiger partial charge in [0, 0.05) is 23.9 Å². The molecule has 0 saturated carbocycles. The number of amides is 2. The van der Waals surface area contributed by atoms with Gasteiger partial charge in [0.05, 0.1) is 0 Å². The van der Waals surface area contributed by atoms with Crippen molar-refractivity contribution in [3.63, 3.8) is 0 Å². The molecule has 0 bridgehead atoms. The topological polar surface area (TPSA) is 80.3 Å². The number of ether oxygens (including phenoxy) is 1. The number of carbonyl (C=O) groups excluding carboxylic acids is 2. The summed E-state index contributed by atoms with van der Waals surface area (Å²) in [6.45, 7) is 6.13. The third-order valence-corrected chi connectivity index (χ3v) is 4.43. The molecule has 1 atom stereocenters. The normalized spacial score (nSPS) is 12.7. The third kappa shape index (κ3) is 7.58. The van der Waals surface area contributed by atoms with Crippen molar-refractivity contribution < 1.29 is 27.5 Å². The first-order chi connectivity index (χ1) is 14.4. The number of carbonyl (C=O) groups is 2. The molecular formula is C22H26F3N3O3. The molecule has 0 radical (unpaired) electrons. The fourth-order valence-electron chi connectivity index (χ4n) is 2.64. The molecular weight excluding hydrogens is 411 g/mol. The number of hydrogen-bond donors (Lipinski definition) is 2. The number of aromatic nitrogens is 1. The van der Waals surface area contributed by atoms with Crippen molar-refractivity contribution in [2.75, 3.05) is 6.61 Å². The van der Waals surface area contributed by atoms with Gasteiger partial charge < -0.3 is 15.4 Å². The summed E-state index contributed by atoms with van der Waals surface area (Å²) >= 11 is 0. The van der Waals surface area contributed by atoms with Gasteiger partial charge in [-0.3, -0.25) is 9.59 Å². The number of rotatable bonds is 7. The lowest BCUT2D eigenvalue weighted by molar-refractivity contribution is -0.154. The van der Waals surface area contributed by atoms with Crippen LogP contribution < -0.4 is 15.4 Å². The Morgan fingerprint density at radius 1 is 1.10 bits per heavy atom. The first-order valence-corrected chi connectivity index (χ1v) is 9.69. The summed E-state index contributed by atoms with van der Waals surface area (Å²) in [7, 11) is 0. The minimum Gasteiger partial charge on any atom is -0.468 e. The highest BCUT2D eigenvalue weighted by atomic mass is 19.4. The van der Waals surface area contributed by atoms with E-state index in [0.29, 0.717) is 5.56 Å². The van der Waals surface area contributed by atoms with Crippen molar-refractivity contribution >= 4 is 11.8 Å². The number of nitrogens with one attached hydrogen (secondary N) is 2. The first-order valence-electron chi connectivity index (χ1n) is 9.69. The summed E-state index contributed by atoms with van der Waals surface area (Å²) in [4.78, 5) is 28.5. The highest BCUT2D eigenvalue weighted by Gasteiger charge is 2.29. The van der Waals surface area contributed by atoms with Crippen molar-refractivity contribution in [2.45, 2.75) is 51.9 Å². The second-order valence-corrected chi connectivity index (χ2v) is 8.11. The molecule has 2 aromatic rings. The lowest BCUT2D eigenvalue weighted by Gasteiger charge is -2.19. The maximum Gasteiger partial charge on any atom is 0.422 e. The SMILES string of the molecule is CC(NC(=O)c1ccc(C(C)(C)C)cc1)C(=O)NCc1cccnc1OCC(F)(F)F. The summed E-state index contributed by atoms with van der Waals surface area (Å²) in [5.74, 6) is -1.11. The van der Waals surface area contributed by atoms with Crippen LogP contribution in [0.3, 0.4) is 0 Å². The van der Waals surface area contributed by atoms with E-state index in [1.54, 1.807) is 12.1 Å². The Balaban J connectivity index is 1.92. The van der Waals surface area contributed by atoms with Crippen molar-refractivity contribution in [1.82, 2.24) is 15.6 Å². The Hall–Kier alpha value is -3.10. The summed E-state index contributed by atoms with van der Waals surface area (Å²) in [5.41, 5.74) is 1.74. The maximum absolute atomic E-state index is 12.4. The predicted molar refractivity (Wildman–Crippen MR) is 110 cm³/mol. The molecule has 1 aromatic carbocycles. The van der Waals surface area contributed by atoms with Gasteiger partial charge in [0.15, 0.2) is 6.61 Å².